The molecule has 3 saturated heterocycles. The second-order valence-corrected chi connectivity index (χ2v) is 21.4. The lowest BCUT2D eigenvalue weighted by Gasteiger charge is -2.40. The van der Waals surface area contributed by atoms with Gasteiger partial charge in [0.1, 0.15) is 42.5 Å². The maximum absolute atomic E-state index is 14.9. The molecule has 0 saturated carbocycles. The molecule has 0 radical (unpaired) electrons. The van der Waals surface area contributed by atoms with Gasteiger partial charge in [0.15, 0.2) is 0 Å². The number of alkyl carbamates (subject to hydrolysis) is 3. The normalized spacial score (nSPS) is 17.2. The average Bonchev–Trinajstić information content (AvgIpc) is 3.90. The first kappa shape index (κ1) is 58.1. The minimum Gasteiger partial charge on any atom is -0.493 e. The molecule has 77 heavy (non-hydrogen) atoms. The van der Waals surface area contributed by atoms with E-state index in [0.29, 0.717) is 94.6 Å². The molecule has 3 aliphatic rings. The summed E-state index contributed by atoms with van der Waals surface area (Å²) < 4.78 is 37.1. The fourth-order valence-electron chi connectivity index (χ4n) is 10.0. The monoisotopic (exact) mass is 1080 g/mol. The number of halogens is 2. The Morgan fingerprint density at radius 3 is 2.06 bits per heavy atom. The first-order valence-corrected chi connectivity index (χ1v) is 27.3. The van der Waals surface area contributed by atoms with Crippen LogP contribution in [-0.4, -0.2) is 146 Å². The molecule has 4 N–H and O–H groups in total. The van der Waals surface area contributed by atoms with Crippen molar-refractivity contribution in [1.29, 1.82) is 0 Å². The third-order valence-electron chi connectivity index (χ3n) is 14.1. The Labute approximate surface area is 457 Å². The van der Waals surface area contributed by atoms with Crippen molar-refractivity contribution in [2.75, 3.05) is 83.9 Å². The zero-order valence-electron chi connectivity index (χ0n) is 44.9. The van der Waals surface area contributed by atoms with Crippen LogP contribution in [0.25, 0.3) is 0 Å². The highest BCUT2D eigenvalue weighted by atomic mass is 35.5. The Morgan fingerprint density at radius 2 is 1.40 bits per heavy atom. The van der Waals surface area contributed by atoms with Gasteiger partial charge >= 0.3 is 18.3 Å². The lowest BCUT2D eigenvalue weighted by molar-refractivity contribution is -0.137. The molecule has 17 nitrogen and oxygen atoms in total. The molecular weight excluding hydrogens is 1010 g/mol. The zero-order chi connectivity index (χ0) is 54.7. The number of amides is 5. The number of anilines is 1. The summed E-state index contributed by atoms with van der Waals surface area (Å²) in [5, 5.41) is 12.7. The van der Waals surface area contributed by atoms with E-state index in [1.807, 2.05) is 85.8 Å². The van der Waals surface area contributed by atoms with E-state index in [-0.39, 0.29) is 55.6 Å². The van der Waals surface area contributed by atoms with Gasteiger partial charge in [-0.2, -0.15) is 0 Å². The standard InChI is InChI=1S/C58H76ClFN8O9/c1-5-74-51-18-12-17-48(60)47(51)38-66-31-33-67(34-32-66)54(70)52(64-56(72)76-40-42-15-10-7-11-16-42)44-23-27-65(28-24-44)29-25-45-35-46(59)19-20-49(45)62-36-43-22-30-68(37-43)53(69)50(63-57(73)77-58(2,3)4)21-26-61-55(71)75-39-41-13-8-6-9-14-41/h6-20,35,43-44,50,52,62H,5,21-34,36-40H2,1-4H3,(H,61,71)(H,63,73)(H,64,72)/t43-,50+,52-/m1/s1. The summed E-state index contributed by atoms with van der Waals surface area (Å²) >= 11 is 6.57. The molecule has 3 fully saturated rings. The van der Waals surface area contributed by atoms with Gasteiger partial charge in [0.2, 0.25) is 11.8 Å². The summed E-state index contributed by atoms with van der Waals surface area (Å²) in [5.74, 6) is -0.187. The number of carbonyl (C=O) groups is 5. The molecule has 3 atom stereocenters. The van der Waals surface area contributed by atoms with Gasteiger partial charge in [0, 0.05) is 81.7 Å². The number of benzene rings is 4. The number of nitrogens with one attached hydrogen (secondary N) is 4. The molecular formula is C58H76ClFN8O9. The number of piperazine rings is 1. The smallest absolute Gasteiger partial charge is 0.408 e. The van der Waals surface area contributed by atoms with Crippen LogP contribution in [0.5, 0.6) is 5.75 Å². The molecule has 3 heterocycles. The maximum Gasteiger partial charge on any atom is 0.408 e. The van der Waals surface area contributed by atoms with Gasteiger partial charge in [0.05, 0.1) is 6.61 Å². The summed E-state index contributed by atoms with van der Waals surface area (Å²) in [6.07, 6.45) is 0.996. The van der Waals surface area contributed by atoms with Crippen LogP contribution in [0.1, 0.15) is 75.6 Å². The van der Waals surface area contributed by atoms with Crippen molar-refractivity contribution in [3.8, 4) is 5.75 Å². The Kier molecular flexibility index (Phi) is 21.6. The van der Waals surface area contributed by atoms with Gasteiger partial charge in [-0.25, -0.2) is 18.8 Å². The van der Waals surface area contributed by atoms with Crippen molar-refractivity contribution >= 4 is 47.4 Å². The molecule has 19 heteroatoms. The SMILES string of the molecule is CCOc1cccc(F)c1CN1CCN(C(=O)[C@H](NC(=O)OCc2ccccc2)C2CCN(CCc3cc(Cl)ccc3NC[C@H]3CCN(C(=O)[C@H](CCNC(=O)OCc4ccccc4)NC(=O)OC(C)(C)C)C3)CC2)CC1. The minimum atomic E-state index is -0.931. The van der Waals surface area contributed by atoms with Crippen LogP contribution in [0.4, 0.5) is 24.5 Å². The van der Waals surface area contributed by atoms with E-state index in [4.69, 9.17) is 30.5 Å². The fourth-order valence-corrected chi connectivity index (χ4v) is 10.2. The van der Waals surface area contributed by atoms with E-state index in [1.165, 1.54) is 6.07 Å². The molecule has 4 aromatic carbocycles. The van der Waals surface area contributed by atoms with E-state index >= 15 is 0 Å². The summed E-state index contributed by atoms with van der Waals surface area (Å²) in [6, 6.07) is 27.7. The maximum atomic E-state index is 14.9. The minimum absolute atomic E-state index is 0.0789. The number of nitrogens with zero attached hydrogens (tertiary/aromatic N) is 4. The van der Waals surface area contributed by atoms with E-state index in [0.717, 1.165) is 48.4 Å². The van der Waals surface area contributed by atoms with E-state index in [2.05, 4.69) is 31.1 Å². The quantitative estimate of drug-likeness (QED) is 0.0554. The predicted molar refractivity (Wildman–Crippen MR) is 293 cm³/mol. The zero-order valence-corrected chi connectivity index (χ0v) is 45.7. The Morgan fingerprint density at radius 1 is 0.727 bits per heavy atom. The van der Waals surface area contributed by atoms with E-state index in [9.17, 15) is 28.4 Å². The highest BCUT2D eigenvalue weighted by molar-refractivity contribution is 6.30. The van der Waals surface area contributed by atoms with E-state index < -0.39 is 36.0 Å². The van der Waals surface area contributed by atoms with Crippen LogP contribution in [-0.2, 0) is 50.0 Å². The first-order valence-electron chi connectivity index (χ1n) is 27.0. The number of piperidine rings is 1. The molecule has 0 aromatic heterocycles. The van der Waals surface area contributed by atoms with E-state index in [1.54, 1.807) is 42.7 Å². The van der Waals surface area contributed by atoms with Crippen molar-refractivity contribution in [3.05, 3.63) is 130 Å². The Hall–Kier alpha value is -6.63. The van der Waals surface area contributed by atoms with Crippen molar-refractivity contribution < 1.29 is 47.3 Å². The van der Waals surface area contributed by atoms with Crippen LogP contribution in [0, 0.1) is 17.7 Å². The topological polar surface area (TPSA) is 183 Å². The lowest BCUT2D eigenvalue weighted by atomic mass is 9.88. The van der Waals surface area contributed by atoms with Crippen LogP contribution in [0.15, 0.2) is 97.1 Å². The molecule has 3 aliphatic heterocycles. The molecule has 4 aromatic rings. The van der Waals surface area contributed by atoms with Crippen molar-refractivity contribution in [3.63, 3.8) is 0 Å². The van der Waals surface area contributed by atoms with Crippen LogP contribution in [0.2, 0.25) is 5.02 Å². The third kappa shape index (κ3) is 18.2. The highest BCUT2D eigenvalue weighted by Gasteiger charge is 2.37. The van der Waals surface area contributed by atoms with Gasteiger partial charge in [0.25, 0.3) is 0 Å². The predicted octanol–water partition coefficient (Wildman–Crippen LogP) is 8.24. The largest absolute Gasteiger partial charge is 0.493 e. The van der Waals surface area contributed by atoms with Crippen LogP contribution >= 0.6 is 11.6 Å². The van der Waals surface area contributed by atoms with Crippen molar-refractivity contribution in [1.82, 2.24) is 35.6 Å². The molecule has 7 rings (SSSR count). The lowest BCUT2D eigenvalue weighted by Crippen LogP contribution is -2.58. The Bertz CT molecular complexity index is 2560. The number of likely N-dealkylation sites (tertiary alicyclic amines) is 2. The number of ether oxygens (including phenoxy) is 4. The molecule has 0 spiro atoms. The third-order valence-corrected chi connectivity index (χ3v) is 14.4. The molecule has 0 aliphatic carbocycles. The van der Waals surface area contributed by atoms with Gasteiger partial charge in [-0.15, -0.1) is 0 Å². The summed E-state index contributed by atoms with van der Waals surface area (Å²) in [6.45, 7) is 13.9. The molecule has 5 amide bonds. The van der Waals surface area contributed by atoms with Gasteiger partial charge in [-0.05, 0) is 132 Å². The summed E-state index contributed by atoms with van der Waals surface area (Å²) in [7, 11) is 0. The fraction of sp³-hybridized carbons (Fsp3) is 0.500. The van der Waals surface area contributed by atoms with Crippen molar-refractivity contribution in [2.45, 2.75) is 97.2 Å². The second-order valence-electron chi connectivity index (χ2n) is 21.0. The molecule has 0 unspecified atom stereocenters. The number of carbonyl (C=O) groups excluding carboxylic acids is 5. The summed E-state index contributed by atoms with van der Waals surface area (Å²) in [4.78, 5) is 75.2. The first-order chi connectivity index (χ1) is 37.1. The van der Waals surface area contributed by atoms with Gasteiger partial charge < -0.3 is 54.9 Å². The molecule has 0 bridgehead atoms. The Balaban J connectivity index is 0.902. The number of hydrogen-bond donors (Lipinski definition) is 4. The highest BCUT2D eigenvalue weighted by Crippen LogP contribution is 2.28. The average molecular weight is 1080 g/mol. The summed E-state index contributed by atoms with van der Waals surface area (Å²) in [5.41, 5.74) is 3.43. The number of hydrogen-bond acceptors (Lipinski definition) is 12. The van der Waals surface area contributed by atoms with Crippen molar-refractivity contribution in [2.24, 2.45) is 11.8 Å². The van der Waals surface area contributed by atoms with Gasteiger partial charge in [-0.1, -0.05) is 78.3 Å². The second kappa shape index (κ2) is 28.7. The van der Waals surface area contributed by atoms with Gasteiger partial charge in [-0.3, -0.25) is 14.5 Å². The van der Waals surface area contributed by atoms with Crippen LogP contribution in [0.3, 0.4) is 0 Å². The molecule has 416 valence electrons. The van der Waals surface area contributed by atoms with Crippen LogP contribution < -0.4 is 26.0 Å². The number of rotatable bonds is 22.